The smallest absolute Gasteiger partial charge is 0.376 e. The fraction of sp³-hybridized carbons (Fsp3) is 0. The Morgan fingerprint density at radius 3 is 2.60 bits per heavy atom. The highest BCUT2D eigenvalue weighted by molar-refractivity contribution is 7.16. The molecule has 1 heterocycles. The van der Waals surface area contributed by atoms with Crippen molar-refractivity contribution < 1.29 is 19.6 Å². The molecule has 1 rings (SSSR count). The number of ketones is 1. The van der Waals surface area contributed by atoms with E-state index in [-0.39, 0.29) is 5.00 Å². The van der Waals surface area contributed by atoms with Crippen LogP contribution in [0.3, 0.4) is 0 Å². The van der Waals surface area contributed by atoms with Gasteiger partial charge < -0.3 is 5.11 Å². The minimum Gasteiger partial charge on any atom is -0.475 e. The van der Waals surface area contributed by atoms with Gasteiger partial charge in [-0.25, -0.2) is 4.79 Å². The van der Waals surface area contributed by atoms with Crippen LogP contribution in [0.5, 0.6) is 0 Å². The predicted molar refractivity (Wildman–Crippen MR) is 52.7 cm³/mol. The van der Waals surface area contributed by atoms with Crippen molar-refractivity contribution in [2.45, 2.75) is 0 Å². The van der Waals surface area contributed by atoms with E-state index in [2.05, 4.69) is 0 Å². The molecule has 0 aliphatic rings. The number of hydrogen-bond acceptors (Lipinski definition) is 5. The van der Waals surface area contributed by atoms with Crippen molar-refractivity contribution >= 4 is 34.2 Å². The normalized spacial score (nSPS) is 10.4. The molecule has 7 heteroatoms. The summed E-state index contributed by atoms with van der Waals surface area (Å²) in [7, 11) is 0. The van der Waals surface area contributed by atoms with Crippen LogP contribution in [0.2, 0.25) is 0 Å². The Morgan fingerprint density at radius 1 is 1.47 bits per heavy atom. The second-order valence-corrected chi connectivity index (χ2v) is 3.53. The fourth-order valence-corrected chi connectivity index (χ4v) is 1.48. The zero-order valence-corrected chi connectivity index (χ0v) is 8.06. The summed E-state index contributed by atoms with van der Waals surface area (Å²) in [5, 5.41) is 18.5. The molecule has 0 unspecified atom stereocenters. The molecule has 0 aliphatic carbocycles. The summed E-state index contributed by atoms with van der Waals surface area (Å²) in [5.41, 5.74) is 0. The van der Waals surface area contributed by atoms with Gasteiger partial charge in [-0.1, -0.05) is 11.3 Å². The molecule has 1 aromatic heterocycles. The van der Waals surface area contributed by atoms with Gasteiger partial charge in [-0.2, -0.15) is 0 Å². The molecule has 0 atom stereocenters. The van der Waals surface area contributed by atoms with Crippen LogP contribution in [0.1, 0.15) is 4.88 Å². The Balaban J connectivity index is 2.77. The molecule has 0 saturated carbocycles. The van der Waals surface area contributed by atoms with Gasteiger partial charge in [-0.15, -0.1) is 0 Å². The van der Waals surface area contributed by atoms with Gasteiger partial charge in [0.15, 0.2) is 0 Å². The number of carboxylic acid groups (broad SMARTS) is 1. The zero-order chi connectivity index (χ0) is 11.4. The van der Waals surface area contributed by atoms with Crippen molar-refractivity contribution in [3.05, 3.63) is 33.2 Å². The Hall–Kier alpha value is -2.02. The number of carbonyl (C=O) groups excluding carboxylic acids is 1. The van der Waals surface area contributed by atoms with Gasteiger partial charge in [0.05, 0.1) is 4.92 Å². The van der Waals surface area contributed by atoms with Crippen molar-refractivity contribution in [1.82, 2.24) is 0 Å². The Kier molecular flexibility index (Phi) is 3.29. The van der Waals surface area contributed by atoms with Crippen molar-refractivity contribution in [1.29, 1.82) is 0 Å². The van der Waals surface area contributed by atoms with Crippen LogP contribution >= 0.6 is 11.3 Å². The van der Waals surface area contributed by atoms with E-state index < -0.39 is 16.7 Å². The molecule has 0 radical (unpaired) electrons. The van der Waals surface area contributed by atoms with Crippen molar-refractivity contribution in [3.8, 4) is 0 Å². The van der Waals surface area contributed by atoms with Gasteiger partial charge in [-0.3, -0.25) is 14.9 Å². The van der Waals surface area contributed by atoms with Crippen LogP contribution in [0.25, 0.3) is 6.08 Å². The Labute approximate surface area is 87.6 Å². The number of carbonyl (C=O) groups is 2. The molecule has 1 aromatic rings. The predicted octanol–water partition coefficient (Wildman–Crippen LogP) is 1.32. The summed E-state index contributed by atoms with van der Waals surface area (Å²) in [5.74, 6) is -2.62. The highest BCUT2D eigenvalue weighted by Gasteiger charge is 2.09. The SMILES string of the molecule is O=C(O)C(=O)/C=C/c1ccc([N+](=O)[O-])s1. The maximum absolute atomic E-state index is 10.6. The first-order valence-corrected chi connectivity index (χ1v) is 4.52. The van der Waals surface area contributed by atoms with Crippen molar-refractivity contribution in [3.63, 3.8) is 0 Å². The van der Waals surface area contributed by atoms with Crippen LogP contribution in [-0.4, -0.2) is 21.8 Å². The molecule has 15 heavy (non-hydrogen) atoms. The van der Waals surface area contributed by atoms with Gasteiger partial charge in [0.25, 0.3) is 5.78 Å². The summed E-state index contributed by atoms with van der Waals surface area (Å²) in [6, 6.07) is 2.73. The van der Waals surface area contributed by atoms with Gasteiger partial charge >= 0.3 is 11.0 Å². The van der Waals surface area contributed by atoms with Gasteiger partial charge in [0.1, 0.15) is 0 Å². The minimum atomic E-state index is -1.56. The van der Waals surface area contributed by atoms with E-state index in [1.54, 1.807) is 0 Å². The second kappa shape index (κ2) is 4.47. The number of nitrogens with zero attached hydrogens (tertiary/aromatic N) is 1. The van der Waals surface area contributed by atoms with Crippen LogP contribution < -0.4 is 0 Å². The van der Waals surface area contributed by atoms with Crippen LogP contribution in [0.4, 0.5) is 5.00 Å². The molecule has 78 valence electrons. The quantitative estimate of drug-likeness (QED) is 0.362. The number of rotatable bonds is 4. The molecule has 0 bridgehead atoms. The first-order valence-electron chi connectivity index (χ1n) is 3.70. The third-order valence-electron chi connectivity index (χ3n) is 1.40. The summed E-state index contributed by atoms with van der Waals surface area (Å²) < 4.78 is 0. The summed E-state index contributed by atoms with van der Waals surface area (Å²) >= 11 is 0.864. The van der Waals surface area contributed by atoms with Crippen molar-refractivity contribution in [2.75, 3.05) is 0 Å². The summed E-state index contributed by atoms with van der Waals surface area (Å²) in [6.45, 7) is 0. The summed E-state index contributed by atoms with van der Waals surface area (Å²) in [4.78, 5) is 31.0. The van der Waals surface area contributed by atoms with Gasteiger partial charge in [-0.05, 0) is 18.2 Å². The highest BCUT2D eigenvalue weighted by Crippen LogP contribution is 2.24. The maximum atomic E-state index is 10.6. The largest absolute Gasteiger partial charge is 0.475 e. The third kappa shape index (κ3) is 2.99. The van der Waals surface area contributed by atoms with E-state index in [1.165, 1.54) is 18.2 Å². The van der Waals surface area contributed by atoms with Crippen molar-refractivity contribution in [2.24, 2.45) is 0 Å². The van der Waals surface area contributed by atoms with Crippen LogP contribution in [0.15, 0.2) is 18.2 Å². The summed E-state index contributed by atoms with van der Waals surface area (Å²) in [6.07, 6.45) is 2.09. The molecule has 0 spiro atoms. The topological polar surface area (TPSA) is 97.5 Å². The first-order chi connectivity index (χ1) is 7.00. The lowest BCUT2D eigenvalue weighted by Gasteiger charge is -1.83. The number of aliphatic carboxylic acids is 1. The Morgan fingerprint density at radius 2 is 2.13 bits per heavy atom. The molecule has 0 fully saturated rings. The minimum absolute atomic E-state index is 0.0579. The van der Waals surface area contributed by atoms with E-state index in [0.29, 0.717) is 4.88 Å². The molecule has 0 saturated heterocycles. The molecule has 0 aromatic carbocycles. The molecule has 0 aliphatic heterocycles. The lowest BCUT2D eigenvalue weighted by Crippen LogP contribution is -2.08. The maximum Gasteiger partial charge on any atom is 0.376 e. The van der Waals surface area contributed by atoms with Gasteiger partial charge in [0, 0.05) is 10.9 Å². The number of thiophene rings is 1. The molecular weight excluding hydrogens is 222 g/mol. The lowest BCUT2D eigenvalue weighted by atomic mass is 10.3. The monoisotopic (exact) mass is 227 g/mol. The van der Waals surface area contributed by atoms with E-state index >= 15 is 0 Å². The Bertz CT molecular complexity index is 448. The average molecular weight is 227 g/mol. The standard InChI is InChI=1S/C8H5NO5S/c10-6(8(11)12)3-1-5-2-4-7(15-5)9(13)14/h1-4H,(H,11,12)/b3-1+. The van der Waals surface area contributed by atoms with Gasteiger partial charge in [0.2, 0.25) is 0 Å². The van der Waals surface area contributed by atoms with E-state index in [9.17, 15) is 19.7 Å². The first kappa shape index (κ1) is 11.1. The fourth-order valence-electron chi connectivity index (χ4n) is 0.759. The second-order valence-electron chi connectivity index (χ2n) is 2.44. The molecule has 1 N–H and O–H groups in total. The van der Waals surface area contributed by atoms with E-state index in [1.807, 2.05) is 0 Å². The molecular formula is C8H5NO5S. The third-order valence-corrected chi connectivity index (χ3v) is 2.40. The van der Waals surface area contributed by atoms with E-state index in [4.69, 9.17) is 5.11 Å². The highest BCUT2D eigenvalue weighted by atomic mass is 32.1. The molecule has 6 nitrogen and oxygen atoms in total. The van der Waals surface area contributed by atoms with Crippen LogP contribution in [-0.2, 0) is 9.59 Å². The number of nitro groups is 1. The van der Waals surface area contributed by atoms with E-state index in [0.717, 1.165) is 17.4 Å². The zero-order valence-electron chi connectivity index (χ0n) is 7.25. The lowest BCUT2D eigenvalue weighted by molar-refractivity contribution is -0.380. The number of carboxylic acids is 1. The number of hydrogen-bond donors (Lipinski definition) is 1. The van der Waals surface area contributed by atoms with Crippen LogP contribution in [0, 0.1) is 10.1 Å². The molecule has 0 amide bonds. The average Bonchev–Trinajstić information content (AvgIpc) is 2.62.